The number of aliphatic hydroxyl groups excluding tert-OH is 1. The molecule has 200 valence electrons. The SMILES string of the molecule is CCOC(=O)c1nc(Cn2nc(-c3ccc(Cl)cc3)n(C[C@H](O)C(F)(F)F)c2=O)nn1-c1cccc(Cl)c1. The summed E-state index contributed by atoms with van der Waals surface area (Å²) in [5.74, 6) is -1.20. The van der Waals surface area contributed by atoms with Gasteiger partial charge >= 0.3 is 17.8 Å². The number of esters is 1. The quantitative estimate of drug-likeness (QED) is 0.320. The van der Waals surface area contributed by atoms with Gasteiger partial charge in [-0.1, -0.05) is 29.3 Å². The molecule has 2 aromatic heterocycles. The summed E-state index contributed by atoms with van der Waals surface area (Å²) in [4.78, 5) is 29.8. The van der Waals surface area contributed by atoms with Crippen molar-refractivity contribution in [3.63, 3.8) is 0 Å². The lowest BCUT2D eigenvalue weighted by Crippen LogP contribution is -2.37. The van der Waals surface area contributed by atoms with Crippen molar-refractivity contribution in [3.8, 4) is 17.1 Å². The van der Waals surface area contributed by atoms with E-state index in [9.17, 15) is 27.9 Å². The molecular formula is C23H19Cl2F3N6O4. The summed E-state index contributed by atoms with van der Waals surface area (Å²) in [5.41, 5.74) is -0.299. The number of aromatic nitrogens is 6. The van der Waals surface area contributed by atoms with Crippen LogP contribution in [0.2, 0.25) is 10.0 Å². The Morgan fingerprint density at radius 3 is 2.45 bits per heavy atom. The van der Waals surface area contributed by atoms with E-state index in [0.717, 1.165) is 4.68 Å². The first kappa shape index (κ1) is 27.4. The van der Waals surface area contributed by atoms with Crippen molar-refractivity contribution in [2.24, 2.45) is 0 Å². The Hall–Kier alpha value is -3.68. The Bertz CT molecular complexity index is 1510. The van der Waals surface area contributed by atoms with E-state index in [1.807, 2.05) is 0 Å². The molecule has 0 spiro atoms. The lowest BCUT2D eigenvalue weighted by Gasteiger charge is -2.15. The Balaban J connectivity index is 1.78. The Morgan fingerprint density at radius 2 is 1.82 bits per heavy atom. The average molecular weight is 571 g/mol. The summed E-state index contributed by atoms with van der Waals surface area (Å²) < 4.78 is 47.0. The molecule has 0 bridgehead atoms. The van der Waals surface area contributed by atoms with Crippen LogP contribution >= 0.6 is 23.2 Å². The fraction of sp³-hybridized carbons (Fsp3) is 0.261. The van der Waals surface area contributed by atoms with Crippen LogP contribution in [0.15, 0.2) is 53.3 Å². The van der Waals surface area contributed by atoms with Crippen LogP contribution in [0.4, 0.5) is 13.2 Å². The summed E-state index contributed by atoms with van der Waals surface area (Å²) in [5, 5.41) is 18.8. The lowest BCUT2D eigenvalue weighted by atomic mass is 10.2. The van der Waals surface area contributed by atoms with E-state index >= 15 is 0 Å². The van der Waals surface area contributed by atoms with Crippen LogP contribution < -0.4 is 5.69 Å². The molecule has 0 amide bonds. The second kappa shape index (κ2) is 11.0. The predicted octanol–water partition coefficient (Wildman–Crippen LogP) is 3.75. The normalized spacial score (nSPS) is 12.5. The van der Waals surface area contributed by atoms with Gasteiger partial charge in [0, 0.05) is 15.6 Å². The zero-order valence-electron chi connectivity index (χ0n) is 19.6. The molecule has 2 aromatic carbocycles. The fourth-order valence-corrected chi connectivity index (χ4v) is 3.78. The Labute approximate surface area is 222 Å². The molecule has 10 nitrogen and oxygen atoms in total. The number of hydrogen-bond donors (Lipinski definition) is 1. The Morgan fingerprint density at radius 1 is 1.11 bits per heavy atom. The highest BCUT2D eigenvalue weighted by Gasteiger charge is 2.39. The van der Waals surface area contributed by atoms with E-state index in [4.69, 9.17) is 27.9 Å². The molecule has 0 saturated carbocycles. The van der Waals surface area contributed by atoms with Gasteiger partial charge in [0.1, 0.15) is 6.54 Å². The molecule has 0 radical (unpaired) electrons. The van der Waals surface area contributed by atoms with E-state index in [0.29, 0.717) is 20.3 Å². The van der Waals surface area contributed by atoms with Gasteiger partial charge in [-0.25, -0.2) is 23.9 Å². The van der Waals surface area contributed by atoms with Gasteiger partial charge in [0.05, 0.1) is 18.8 Å². The first-order valence-corrected chi connectivity index (χ1v) is 11.8. The number of alkyl halides is 3. The molecular weight excluding hydrogens is 552 g/mol. The zero-order valence-corrected chi connectivity index (χ0v) is 21.1. The number of ether oxygens (including phenoxy) is 1. The van der Waals surface area contributed by atoms with Crippen molar-refractivity contribution in [2.75, 3.05) is 6.61 Å². The molecule has 0 fully saturated rings. The zero-order chi connectivity index (χ0) is 27.6. The van der Waals surface area contributed by atoms with Crippen molar-refractivity contribution in [1.82, 2.24) is 29.1 Å². The second-order valence-electron chi connectivity index (χ2n) is 7.90. The standard InChI is InChI=1S/C23H19Cl2F3N6O4/c1-2-38-21(36)20-29-18(30-34(20)16-5-3-4-15(25)10-16)12-33-22(37)32(11-17(35)23(26,27)28)19(31-33)13-6-8-14(24)9-7-13/h3-10,17,35H,2,11-12H2,1H3/t17-/m0/s1. The minimum absolute atomic E-state index is 0.0567. The summed E-state index contributed by atoms with van der Waals surface area (Å²) >= 11 is 12.0. The number of carbonyl (C=O) groups excluding carboxylic acids is 1. The van der Waals surface area contributed by atoms with Gasteiger partial charge in [0.25, 0.3) is 0 Å². The van der Waals surface area contributed by atoms with Crippen molar-refractivity contribution in [1.29, 1.82) is 0 Å². The smallest absolute Gasteiger partial charge is 0.416 e. The van der Waals surface area contributed by atoms with Crippen LogP contribution in [-0.4, -0.2) is 59.1 Å². The lowest BCUT2D eigenvalue weighted by molar-refractivity contribution is -0.207. The van der Waals surface area contributed by atoms with Gasteiger partial charge in [-0.15, -0.1) is 10.2 Å². The highest BCUT2D eigenvalue weighted by Crippen LogP contribution is 2.24. The Kier molecular flexibility index (Phi) is 7.90. The number of nitrogens with zero attached hydrogens (tertiary/aromatic N) is 6. The highest BCUT2D eigenvalue weighted by molar-refractivity contribution is 6.31. The first-order valence-electron chi connectivity index (χ1n) is 11.0. The number of aliphatic hydroxyl groups is 1. The predicted molar refractivity (Wildman–Crippen MR) is 130 cm³/mol. The minimum Gasteiger partial charge on any atom is -0.460 e. The average Bonchev–Trinajstić information content (AvgIpc) is 3.41. The maximum absolute atomic E-state index is 13.1. The molecule has 15 heteroatoms. The van der Waals surface area contributed by atoms with E-state index in [1.165, 1.54) is 35.0 Å². The molecule has 2 heterocycles. The summed E-state index contributed by atoms with van der Waals surface area (Å²) in [6.45, 7) is 0.165. The largest absolute Gasteiger partial charge is 0.460 e. The summed E-state index contributed by atoms with van der Waals surface area (Å²) in [7, 11) is 0. The maximum Gasteiger partial charge on any atom is 0.416 e. The van der Waals surface area contributed by atoms with Crippen molar-refractivity contribution >= 4 is 29.2 Å². The first-order chi connectivity index (χ1) is 18.0. The van der Waals surface area contributed by atoms with Crippen LogP contribution in [0.5, 0.6) is 0 Å². The summed E-state index contributed by atoms with van der Waals surface area (Å²) in [6, 6.07) is 12.3. The number of carbonyl (C=O) groups is 1. The van der Waals surface area contributed by atoms with Crippen molar-refractivity contribution in [3.05, 3.63) is 80.7 Å². The number of halogens is 5. The van der Waals surface area contributed by atoms with Crippen molar-refractivity contribution < 1.29 is 27.8 Å². The van der Waals surface area contributed by atoms with Crippen LogP contribution in [0.25, 0.3) is 17.1 Å². The summed E-state index contributed by atoms with van der Waals surface area (Å²) in [6.07, 6.45) is -7.79. The molecule has 4 rings (SSSR count). The molecule has 4 aromatic rings. The van der Waals surface area contributed by atoms with Gasteiger partial charge in [0.15, 0.2) is 17.8 Å². The maximum atomic E-state index is 13.1. The molecule has 0 unspecified atom stereocenters. The van der Waals surface area contributed by atoms with Gasteiger partial charge in [0.2, 0.25) is 5.82 Å². The van der Waals surface area contributed by atoms with Crippen LogP contribution in [0, 0.1) is 0 Å². The molecule has 1 atom stereocenters. The van der Waals surface area contributed by atoms with E-state index in [1.54, 1.807) is 25.1 Å². The fourth-order valence-electron chi connectivity index (χ4n) is 3.47. The van der Waals surface area contributed by atoms with Gasteiger partial charge in [-0.2, -0.15) is 13.2 Å². The van der Waals surface area contributed by atoms with Crippen LogP contribution in [0.1, 0.15) is 23.4 Å². The molecule has 0 aliphatic carbocycles. The van der Waals surface area contributed by atoms with Gasteiger partial charge < -0.3 is 9.84 Å². The number of benzene rings is 2. The second-order valence-corrected chi connectivity index (χ2v) is 8.78. The molecule has 0 aliphatic rings. The third-order valence-electron chi connectivity index (χ3n) is 5.21. The third-order valence-corrected chi connectivity index (χ3v) is 5.70. The van der Waals surface area contributed by atoms with Crippen LogP contribution in [-0.2, 0) is 17.8 Å². The number of rotatable bonds is 8. The highest BCUT2D eigenvalue weighted by atomic mass is 35.5. The van der Waals surface area contributed by atoms with Gasteiger partial charge in [-0.3, -0.25) is 4.57 Å². The van der Waals surface area contributed by atoms with Gasteiger partial charge in [-0.05, 0) is 49.4 Å². The van der Waals surface area contributed by atoms with Crippen LogP contribution in [0.3, 0.4) is 0 Å². The van der Waals surface area contributed by atoms with E-state index in [-0.39, 0.29) is 29.6 Å². The molecule has 1 N–H and O–H groups in total. The van der Waals surface area contributed by atoms with Crippen molar-refractivity contribution in [2.45, 2.75) is 32.3 Å². The molecule has 0 saturated heterocycles. The molecule has 0 aliphatic heterocycles. The van der Waals surface area contributed by atoms with E-state index < -0.39 is 37.0 Å². The van der Waals surface area contributed by atoms with E-state index in [2.05, 4.69) is 15.2 Å². The monoisotopic (exact) mass is 570 g/mol. The number of hydrogen-bond acceptors (Lipinski definition) is 7. The third kappa shape index (κ3) is 5.90. The molecule has 38 heavy (non-hydrogen) atoms. The minimum atomic E-state index is -4.97. The topological polar surface area (TPSA) is 117 Å².